The van der Waals surface area contributed by atoms with Crippen LogP contribution in [0.5, 0.6) is 0 Å². The van der Waals surface area contributed by atoms with Gasteiger partial charge in [0.1, 0.15) is 4.21 Å². The van der Waals surface area contributed by atoms with Gasteiger partial charge in [-0.25, -0.2) is 13.1 Å². The van der Waals surface area contributed by atoms with Crippen molar-refractivity contribution in [1.82, 2.24) is 10.0 Å². The molecule has 0 aliphatic carbocycles. The lowest BCUT2D eigenvalue weighted by Crippen LogP contribution is -2.31. The van der Waals surface area contributed by atoms with Crippen molar-refractivity contribution in [3.8, 4) is 0 Å². The molecule has 0 saturated carbocycles. The number of sulfonamides is 1. The number of nitrogens with one attached hydrogen (secondary N) is 2. The molecule has 0 fully saturated rings. The second-order valence-electron chi connectivity index (χ2n) is 2.68. The maximum Gasteiger partial charge on any atom is 0.250 e. The number of rotatable bonds is 6. The van der Waals surface area contributed by atoms with E-state index < -0.39 is 10.0 Å². The van der Waals surface area contributed by atoms with Gasteiger partial charge in [0.25, 0.3) is 0 Å². The summed E-state index contributed by atoms with van der Waals surface area (Å²) in [6, 6.07) is 3.32. The molecule has 0 bridgehead atoms. The van der Waals surface area contributed by atoms with Gasteiger partial charge in [-0.15, -0.1) is 11.3 Å². The van der Waals surface area contributed by atoms with E-state index in [9.17, 15) is 8.42 Å². The summed E-state index contributed by atoms with van der Waals surface area (Å²) in [6.45, 7) is 3.91. The molecule has 0 radical (unpaired) electrons. The third-order valence-electron chi connectivity index (χ3n) is 1.60. The minimum Gasteiger partial charge on any atom is -0.316 e. The number of hydrogen-bond donors (Lipinski definition) is 2. The van der Waals surface area contributed by atoms with Crippen LogP contribution in [0.2, 0.25) is 0 Å². The fourth-order valence-electron chi connectivity index (χ4n) is 0.938. The van der Waals surface area contributed by atoms with Crippen molar-refractivity contribution in [3.05, 3.63) is 17.5 Å². The zero-order chi connectivity index (χ0) is 10.4. The lowest BCUT2D eigenvalue weighted by atomic mass is 10.6. The quantitative estimate of drug-likeness (QED) is 0.710. The predicted octanol–water partition coefficient (Wildman–Crippen LogP) is 0.636. The number of hydrogen-bond acceptors (Lipinski definition) is 4. The van der Waals surface area contributed by atoms with E-state index in [0.29, 0.717) is 17.3 Å². The lowest BCUT2D eigenvalue weighted by molar-refractivity contribution is 0.579. The number of thiophene rings is 1. The Morgan fingerprint density at radius 1 is 1.43 bits per heavy atom. The molecular weight excluding hydrogens is 220 g/mol. The van der Waals surface area contributed by atoms with E-state index in [1.165, 1.54) is 11.3 Å². The Morgan fingerprint density at radius 3 is 2.79 bits per heavy atom. The van der Waals surface area contributed by atoms with Gasteiger partial charge in [-0.05, 0) is 18.0 Å². The normalized spacial score (nSPS) is 11.8. The molecule has 0 aromatic carbocycles. The monoisotopic (exact) mass is 234 g/mol. The van der Waals surface area contributed by atoms with E-state index in [-0.39, 0.29) is 0 Å². The molecule has 2 N–H and O–H groups in total. The molecule has 0 atom stereocenters. The second kappa shape index (κ2) is 5.45. The summed E-state index contributed by atoms with van der Waals surface area (Å²) in [7, 11) is -3.27. The molecule has 0 aliphatic rings. The Bertz CT molecular complexity index is 345. The Morgan fingerprint density at radius 2 is 2.21 bits per heavy atom. The van der Waals surface area contributed by atoms with Crippen LogP contribution in [0.15, 0.2) is 21.7 Å². The fourth-order valence-corrected chi connectivity index (χ4v) is 3.01. The first-order chi connectivity index (χ1) is 6.67. The highest BCUT2D eigenvalue weighted by atomic mass is 32.2. The predicted molar refractivity (Wildman–Crippen MR) is 58.1 cm³/mol. The van der Waals surface area contributed by atoms with Crippen LogP contribution >= 0.6 is 11.3 Å². The van der Waals surface area contributed by atoms with Crippen molar-refractivity contribution in [2.45, 2.75) is 11.1 Å². The topological polar surface area (TPSA) is 58.2 Å². The van der Waals surface area contributed by atoms with Gasteiger partial charge in [-0.2, -0.15) is 0 Å². The standard InChI is InChI=1S/C8H14N2O2S2/c1-2-9-5-6-10-14(11,12)8-4-3-7-13-8/h3-4,7,9-10H,2,5-6H2,1H3. The van der Waals surface area contributed by atoms with Crippen LogP contribution in [0.25, 0.3) is 0 Å². The van der Waals surface area contributed by atoms with Crippen LogP contribution < -0.4 is 10.0 Å². The molecule has 0 amide bonds. The van der Waals surface area contributed by atoms with E-state index in [2.05, 4.69) is 10.0 Å². The minimum atomic E-state index is -3.27. The van der Waals surface area contributed by atoms with Crippen molar-refractivity contribution in [1.29, 1.82) is 0 Å². The van der Waals surface area contributed by atoms with E-state index in [1.807, 2.05) is 6.92 Å². The van der Waals surface area contributed by atoms with Crippen LogP contribution in [-0.2, 0) is 10.0 Å². The summed E-state index contributed by atoms with van der Waals surface area (Å²) in [4.78, 5) is 0. The molecule has 0 spiro atoms. The van der Waals surface area contributed by atoms with E-state index in [1.54, 1.807) is 17.5 Å². The van der Waals surface area contributed by atoms with Crippen molar-refractivity contribution in [3.63, 3.8) is 0 Å². The minimum absolute atomic E-state index is 0.369. The summed E-state index contributed by atoms with van der Waals surface area (Å²) in [5.41, 5.74) is 0. The summed E-state index contributed by atoms with van der Waals surface area (Å²) in [5.74, 6) is 0. The molecule has 14 heavy (non-hydrogen) atoms. The van der Waals surface area contributed by atoms with Crippen molar-refractivity contribution >= 4 is 21.4 Å². The lowest BCUT2D eigenvalue weighted by Gasteiger charge is -2.04. The molecule has 80 valence electrons. The van der Waals surface area contributed by atoms with Gasteiger partial charge >= 0.3 is 0 Å². The van der Waals surface area contributed by atoms with Crippen molar-refractivity contribution < 1.29 is 8.42 Å². The average molecular weight is 234 g/mol. The van der Waals surface area contributed by atoms with E-state index in [4.69, 9.17) is 0 Å². The Labute approximate surface area is 88.4 Å². The average Bonchev–Trinajstić information content (AvgIpc) is 2.65. The van der Waals surface area contributed by atoms with Crippen molar-refractivity contribution in [2.24, 2.45) is 0 Å². The van der Waals surface area contributed by atoms with Crippen LogP contribution in [-0.4, -0.2) is 28.1 Å². The zero-order valence-electron chi connectivity index (χ0n) is 7.99. The largest absolute Gasteiger partial charge is 0.316 e. The summed E-state index contributed by atoms with van der Waals surface area (Å²) in [5, 5.41) is 4.79. The molecule has 1 rings (SSSR count). The van der Waals surface area contributed by atoms with Gasteiger partial charge in [-0.1, -0.05) is 13.0 Å². The smallest absolute Gasteiger partial charge is 0.250 e. The second-order valence-corrected chi connectivity index (χ2v) is 5.62. The van der Waals surface area contributed by atoms with Gasteiger partial charge < -0.3 is 5.32 Å². The molecular formula is C8H14N2O2S2. The first-order valence-corrected chi connectivity index (χ1v) is 6.77. The summed E-state index contributed by atoms with van der Waals surface area (Å²) in [6.07, 6.45) is 0. The van der Waals surface area contributed by atoms with Gasteiger partial charge in [0.05, 0.1) is 0 Å². The first kappa shape index (κ1) is 11.6. The van der Waals surface area contributed by atoms with Crippen molar-refractivity contribution in [2.75, 3.05) is 19.6 Å². The molecule has 1 aromatic rings. The highest BCUT2D eigenvalue weighted by molar-refractivity contribution is 7.91. The van der Waals surface area contributed by atoms with E-state index in [0.717, 1.165) is 6.54 Å². The van der Waals surface area contributed by atoms with Crippen LogP contribution in [0.1, 0.15) is 6.92 Å². The van der Waals surface area contributed by atoms with Gasteiger partial charge in [0.2, 0.25) is 10.0 Å². The Kier molecular flexibility index (Phi) is 4.53. The third kappa shape index (κ3) is 3.38. The van der Waals surface area contributed by atoms with Gasteiger partial charge in [-0.3, -0.25) is 0 Å². The maximum absolute atomic E-state index is 11.5. The highest BCUT2D eigenvalue weighted by Crippen LogP contribution is 2.14. The Hall–Kier alpha value is -0.430. The summed E-state index contributed by atoms with van der Waals surface area (Å²) < 4.78 is 25.9. The molecule has 0 unspecified atom stereocenters. The molecule has 1 heterocycles. The van der Waals surface area contributed by atoms with E-state index >= 15 is 0 Å². The van der Waals surface area contributed by atoms with Gasteiger partial charge in [0, 0.05) is 13.1 Å². The molecule has 0 aliphatic heterocycles. The van der Waals surface area contributed by atoms with Crippen LogP contribution in [0.3, 0.4) is 0 Å². The highest BCUT2D eigenvalue weighted by Gasteiger charge is 2.13. The Balaban J connectivity index is 2.44. The number of likely N-dealkylation sites (N-methyl/N-ethyl adjacent to an activating group) is 1. The third-order valence-corrected chi connectivity index (χ3v) is 4.46. The fraction of sp³-hybridized carbons (Fsp3) is 0.500. The van der Waals surface area contributed by atoms with Crippen LogP contribution in [0, 0.1) is 0 Å². The molecule has 1 aromatic heterocycles. The molecule has 4 nitrogen and oxygen atoms in total. The SMILES string of the molecule is CCNCCNS(=O)(=O)c1cccs1. The molecule has 6 heteroatoms. The zero-order valence-corrected chi connectivity index (χ0v) is 9.62. The maximum atomic E-state index is 11.5. The molecule has 0 saturated heterocycles. The first-order valence-electron chi connectivity index (χ1n) is 4.40. The van der Waals surface area contributed by atoms with Crippen LogP contribution in [0.4, 0.5) is 0 Å². The summed E-state index contributed by atoms with van der Waals surface area (Å²) >= 11 is 1.22. The van der Waals surface area contributed by atoms with Gasteiger partial charge in [0.15, 0.2) is 0 Å².